The number of carboxylic acids is 1. The largest absolute Gasteiger partial charge is 0.481 e. The lowest BCUT2D eigenvalue weighted by Gasteiger charge is -1.99. The first-order chi connectivity index (χ1) is 9.54. The van der Waals surface area contributed by atoms with Gasteiger partial charge in [-0.05, 0) is 12.1 Å². The molecule has 0 aromatic carbocycles. The minimum atomic E-state index is -0.945. The molecular formula is C10H7ClN4O3S2. The number of rotatable bonds is 5. The second-order valence-electron chi connectivity index (χ2n) is 3.36. The number of nitrogens with zero attached hydrogens (tertiary/aromatic N) is 3. The standard InChI is InChI=1S/C10H7ClN4O3S2/c11-6-3-1-2-5(12-6)8(18)13-9-14-15-10(20-9)19-4-7(16)17/h1-3H,4H2,(H,16,17)(H,13,14,18). The maximum Gasteiger partial charge on any atom is 0.313 e. The van der Waals surface area contributed by atoms with Crippen LogP contribution in [0.5, 0.6) is 0 Å². The van der Waals surface area contributed by atoms with Gasteiger partial charge in [0.25, 0.3) is 5.91 Å². The van der Waals surface area contributed by atoms with Gasteiger partial charge >= 0.3 is 5.97 Å². The molecule has 0 unspecified atom stereocenters. The number of aliphatic carboxylic acids is 1. The Morgan fingerprint density at radius 1 is 1.40 bits per heavy atom. The maximum atomic E-state index is 11.8. The van der Waals surface area contributed by atoms with Gasteiger partial charge in [0.05, 0.1) is 5.75 Å². The summed E-state index contributed by atoms with van der Waals surface area (Å²) in [5.74, 6) is -1.52. The number of thioether (sulfide) groups is 1. The number of aromatic nitrogens is 3. The molecule has 2 aromatic rings. The number of pyridine rings is 1. The van der Waals surface area contributed by atoms with Crippen molar-refractivity contribution in [3.05, 3.63) is 29.0 Å². The predicted octanol–water partition coefficient (Wildman–Crippen LogP) is 2.02. The van der Waals surface area contributed by atoms with Gasteiger partial charge < -0.3 is 5.11 Å². The molecule has 0 aliphatic heterocycles. The Morgan fingerprint density at radius 2 is 2.20 bits per heavy atom. The van der Waals surface area contributed by atoms with Crippen molar-refractivity contribution in [1.29, 1.82) is 0 Å². The first-order valence-electron chi connectivity index (χ1n) is 5.16. The second kappa shape index (κ2) is 6.64. The molecule has 0 aliphatic carbocycles. The van der Waals surface area contributed by atoms with Crippen LogP contribution in [-0.2, 0) is 4.79 Å². The molecule has 0 saturated heterocycles. The van der Waals surface area contributed by atoms with Gasteiger partial charge in [0.1, 0.15) is 10.8 Å². The van der Waals surface area contributed by atoms with Gasteiger partial charge in [-0.25, -0.2) is 4.98 Å². The summed E-state index contributed by atoms with van der Waals surface area (Å²) in [7, 11) is 0. The van der Waals surface area contributed by atoms with Crippen LogP contribution in [0.2, 0.25) is 5.15 Å². The Morgan fingerprint density at radius 3 is 2.90 bits per heavy atom. The summed E-state index contributed by atoms with van der Waals surface area (Å²) in [4.78, 5) is 26.1. The highest BCUT2D eigenvalue weighted by molar-refractivity contribution is 8.01. The molecule has 2 heterocycles. The predicted molar refractivity (Wildman–Crippen MR) is 75.5 cm³/mol. The molecule has 10 heteroatoms. The van der Waals surface area contributed by atoms with Gasteiger partial charge in [0, 0.05) is 0 Å². The first kappa shape index (κ1) is 14.7. The molecule has 0 saturated carbocycles. The number of carbonyl (C=O) groups is 2. The van der Waals surface area contributed by atoms with E-state index >= 15 is 0 Å². The van der Waals surface area contributed by atoms with E-state index in [2.05, 4.69) is 20.5 Å². The third-order valence-electron chi connectivity index (χ3n) is 1.89. The number of carbonyl (C=O) groups excluding carboxylic acids is 1. The van der Waals surface area contributed by atoms with E-state index in [4.69, 9.17) is 16.7 Å². The summed E-state index contributed by atoms with van der Waals surface area (Å²) in [5.41, 5.74) is 0.160. The van der Waals surface area contributed by atoms with E-state index < -0.39 is 11.9 Å². The van der Waals surface area contributed by atoms with Crippen LogP contribution in [0.15, 0.2) is 22.5 Å². The lowest BCUT2D eigenvalue weighted by molar-refractivity contribution is -0.133. The highest BCUT2D eigenvalue weighted by Gasteiger charge is 2.12. The van der Waals surface area contributed by atoms with Crippen LogP contribution in [0.3, 0.4) is 0 Å². The van der Waals surface area contributed by atoms with Gasteiger partial charge in [-0.3, -0.25) is 14.9 Å². The van der Waals surface area contributed by atoms with Gasteiger partial charge in [0.2, 0.25) is 5.13 Å². The third kappa shape index (κ3) is 4.15. The van der Waals surface area contributed by atoms with Gasteiger partial charge in [0.15, 0.2) is 4.34 Å². The van der Waals surface area contributed by atoms with E-state index in [0.29, 0.717) is 4.34 Å². The van der Waals surface area contributed by atoms with Crippen molar-refractivity contribution < 1.29 is 14.7 Å². The van der Waals surface area contributed by atoms with Crippen LogP contribution >= 0.6 is 34.7 Å². The second-order valence-corrected chi connectivity index (χ2v) is 5.94. The van der Waals surface area contributed by atoms with Crippen molar-refractivity contribution in [2.75, 3.05) is 11.1 Å². The SMILES string of the molecule is O=C(O)CSc1nnc(NC(=O)c2cccc(Cl)n2)s1. The van der Waals surface area contributed by atoms with E-state index in [1.54, 1.807) is 12.1 Å². The van der Waals surface area contributed by atoms with E-state index in [1.165, 1.54) is 6.07 Å². The number of anilines is 1. The fourth-order valence-electron chi connectivity index (χ4n) is 1.14. The summed E-state index contributed by atoms with van der Waals surface area (Å²) >= 11 is 7.81. The molecule has 2 rings (SSSR count). The van der Waals surface area contributed by atoms with Crippen molar-refractivity contribution in [3.8, 4) is 0 Å². The lowest BCUT2D eigenvalue weighted by Crippen LogP contribution is -2.13. The number of hydrogen-bond acceptors (Lipinski definition) is 7. The molecule has 20 heavy (non-hydrogen) atoms. The molecule has 0 atom stereocenters. The summed E-state index contributed by atoms with van der Waals surface area (Å²) in [5, 5.41) is 19.1. The zero-order valence-electron chi connectivity index (χ0n) is 9.74. The quantitative estimate of drug-likeness (QED) is 0.490. The molecule has 0 aliphatic rings. The molecule has 0 fully saturated rings. The fourth-order valence-corrected chi connectivity index (χ4v) is 2.77. The van der Waals surface area contributed by atoms with Crippen LogP contribution in [0.1, 0.15) is 10.5 Å². The first-order valence-corrected chi connectivity index (χ1v) is 7.34. The van der Waals surface area contributed by atoms with Crippen LogP contribution in [0.25, 0.3) is 0 Å². The monoisotopic (exact) mass is 330 g/mol. The Labute approximate surface area is 126 Å². The zero-order valence-corrected chi connectivity index (χ0v) is 12.1. The highest BCUT2D eigenvalue weighted by Crippen LogP contribution is 2.25. The van der Waals surface area contributed by atoms with Crippen molar-refractivity contribution in [3.63, 3.8) is 0 Å². The van der Waals surface area contributed by atoms with E-state index in [9.17, 15) is 9.59 Å². The fraction of sp³-hybridized carbons (Fsp3) is 0.100. The van der Waals surface area contributed by atoms with Crippen molar-refractivity contribution in [2.45, 2.75) is 4.34 Å². The molecule has 2 N–H and O–H groups in total. The Balaban J connectivity index is 1.99. The van der Waals surface area contributed by atoms with E-state index in [-0.39, 0.29) is 21.7 Å². The van der Waals surface area contributed by atoms with E-state index in [0.717, 1.165) is 23.1 Å². The summed E-state index contributed by atoms with van der Waals surface area (Å²) < 4.78 is 0.460. The van der Waals surface area contributed by atoms with Gasteiger partial charge in [-0.2, -0.15) is 0 Å². The topological polar surface area (TPSA) is 105 Å². The number of hydrogen-bond donors (Lipinski definition) is 2. The number of halogens is 1. The van der Waals surface area contributed by atoms with Crippen LogP contribution in [0.4, 0.5) is 5.13 Å². The van der Waals surface area contributed by atoms with Gasteiger partial charge in [-0.15, -0.1) is 10.2 Å². The lowest BCUT2D eigenvalue weighted by atomic mass is 10.3. The van der Waals surface area contributed by atoms with Crippen molar-refractivity contribution >= 4 is 51.7 Å². The van der Waals surface area contributed by atoms with Crippen LogP contribution in [0, 0.1) is 0 Å². The van der Waals surface area contributed by atoms with E-state index in [1.807, 2.05) is 0 Å². The summed E-state index contributed by atoms with van der Waals surface area (Å²) in [6.45, 7) is 0. The van der Waals surface area contributed by atoms with Crippen LogP contribution < -0.4 is 5.32 Å². The number of amides is 1. The minimum absolute atomic E-state index is 0.113. The van der Waals surface area contributed by atoms with Crippen LogP contribution in [-0.4, -0.2) is 37.9 Å². The smallest absolute Gasteiger partial charge is 0.313 e. The molecule has 0 radical (unpaired) electrons. The highest BCUT2D eigenvalue weighted by atomic mass is 35.5. The maximum absolute atomic E-state index is 11.8. The van der Waals surface area contributed by atoms with Crippen molar-refractivity contribution in [1.82, 2.24) is 15.2 Å². The molecule has 104 valence electrons. The van der Waals surface area contributed by atoms with Crippen molar-refractivity contribution in [2.24, 2.45) is 0 Å². The van der Waals surface area contributed by atoms with Gasteiger partial charge in [-0.1, -0.05) is 40.8 Å². The summed E-state index contributed by atoms with van der Waals surface area (Å²) in [6, 6.07) is 4.69. The molecule has 7 nitrogen and oxygen atoms in total. The molecule has 0 bridgehead atoms. The summed E-state index contributed by atoms with van der Waals surface area (Å²) in [6.07, 6.45) is 0. The molecule has 2 aromatic heterocycles. The number of carboxylic acid groups (broad SMARTS) is 1. The third-order valence-corrected chi connectivity index (χ3v) is 4.06. The minimum Gasteiger partial charge on any atom is -0.481 e. The average Bonchev–Trinajstić information content (AvgIpc) is 2.84. The Bertz CT molecular complexity index is 649. The number of nitrogens with one attached hydrogen (secondary N) is 1. The molecule has 1 amide bonds. The average molecular weight is 331 g/mol. The molecule has 0 spiro atoms. The Kier molecular flexibility index (Phi) is 4.88. The zero-order chi connectivity index (χ0) is 14.5. The normalized spacial score (nSPS) is 10.2. The molecular weight excluding hydrogens is 324 g/mol. The Hall–Kier alpha value is -1.71.